The van der Waals surface area contributed by atoms with Gasteiger partial charge in [0.25, 0.3) is 0 Å². The molecule has 104 valence electrons. The lowest BCUT2D eigenvalue weighted by molar-refractivity contribution is -0.136. The highest BCUT2D eigenvalue weighted by molar-refractivity contribution is 5.80. The number of rotatable bonds is 3. The maximum absolute atomic E-state index is 12.9. The average Bonchev–Trinajstić information content (AvgIpc) is 2.38. The van der Waals surface area contributed by atoms with Crippen LogP contribution in [0.15, 0.2) is 53.6 Å². The van der Waals surface area contributed by atoms with E-state index in [1.807, 2.05) is 0 Å². The first-order valence-corrected chi connectivity index (χ1v) is 5.68. The number of anilines is 1. The molecule has 0 saturated heterocycles. The van der Waals surface area contributed by atoms with Crippen LogP contribution in [0.4, 0.5) is 23.2 Å². The molecule has 0 unspecified atom stereocenters. The molecule has 2 aromatic rings. The molecule has 0 aliphatic heterocycles. The van der Waals surface area contributed by atoms with Crippen molar-refractivity contribution in [3.63, 3.8) is 0 Å². The van der Waals surface area contributed by atoms with Crippen LogP contribution in [0.1, 0.15) is 11.1 Å². The van der Waals surface area contributed by atoms with Crippen LogP contribution >= 0.6 is 0 Å². The van der Waals surface area contributed by atoms with Crippen molar-refractivity contribution in [1.82, 2.24) is 0 Å². The highest BCUT2D eigenvalue weighted by atomic mass is 19.4. The predicted octanol–water partition coefficient (Wildman–Crippen LogP) is 4.29. The number of para-hydroxylation sites is 1. The van der Waals surface area contributed by atoms with Gasteiger partial charge in [0.2, 0.25) is 0 Å². The van der Waals surface area contributed by atoms with E-state index in [0.717, 1.165) is 6.07 Å². The Morgan fingerprint density at radius 1 is 1.00 bits per heavy atom. The van der Waals surface area contributed by atoms with Crippen LogP contribution in [0.2, 0.25) is 0 Å². The van der Waals surface area contributed by atoms with Gasteiger partial charge in [0.1, 0.15) is 5.82 Å². The molecule has 0 bridgehead atoms. The number of halogens is 4. The second-order valence-electron chi connectivity index (χ2n) is 3.97. The summed E-state index contributed by atoms with van der Waals surface area (Å²) in [5.41, 5.74) is 1.79. The summed E-state index contributed by atoms with van der Waals surface area (Å²) < 4.78 is 51.0. The standard InChI is InChI=1S/C14H10F4N2/c15-11-5-3-4-10(8-11)9-19-20-13-7-2-1-6-12(13)14(16,17)18/h1-9,20H. The van der Waals surface area contributed by atoms with Gasteiger partial charge in [0, 0.05) is 0 Å². The van der Waals surface area contributed by atoms with Gasteiger partial charge in [-0.15, -0.1) is 0 Å². The fourth-order valence-corrected chi connectivity index (χ4v) is 1.59. The van der Waals surface area contributed by atoms with Gasteiger partial charge < -0.3 is 0 Å². The van der Waals surface area contributed by atoms with Crippen molar-refractivity contribution in [3.05, 3.63) is 65.5 Å². The fourth-order valence-electron chi connectivity index (χ4n) is 1.59. The summed E-state index contributed by atoms with van der Waals surface area (Å²) in [6, 6.07) is 10.6. The van der Waals surface area contributed by atoms with E-state index in [1.165, 1.54) is 42.6 Å². The van der Waals surface area contributed by atoms with Gasteiger partial charge in [-0.2, -0.15) is 18.3 Å². The van der Waals surface area contributed by atoms with E-state index in [4.69, 9.17) is 0 Å². The Balaban J connectivity index is 2.16. The molecule has 0 aliphatic carbocycles. The molecular formula is C14H10F4N2. The summed E-state index contributed by atoms with van der Waals surface area (Å²) >= 11 is 0. The van der Waals surface area contributed by atoms with Crippen molar-refractivity contribution in [2.24, 2.45) is 5.10 Å². The van der Waals surface area contributed by atoms with Crippen molar-refractivity contribution < 1.29 is 17.6 Å². The number of hydrogen-bond acceptors (Lipinski definition) is 2. The monoisotopic (exact) mass is 282 g/mol. The summed E-state index contributed by atoms with van der Waals surface area (Å²) in [6.07, 6.45) is -3.21. The second-order valence-corrected chi connectivity index (χ2v) is 3.97. The number of hydrazone groups is 1. The van der Waals surface area contributed by atoms with Crippen molar-refractivity contribution >= 4 is 11.9 Å². The van der Waals surface area contributed by atoms with E-state index in [9.17, 15) is 17.6 Å². The minimum absolute atomic E-state index is 0.160. The smallest absolute Gasteiger partial charge is 0.278 e. The Morgan fingerprint density at radius 2 is 1.75 bits per heavy atom. The molecule has 0 aromatic heterocycles. The molecule has 0 fully saturated rings. The Hall–Kier alpha value is -2.37. The normalized spacial score (nSPS) is 11.8. The van der Waals surface area contributed by atoms with Crippen LogP contribution in [0.5, 0.6) is 0 Å². The predicted molar refractivity (Wildman–Crippen MR) is 69.1 cm³/mol. The third-order valence-electron chi connectivity index (χ3n) is 2.48. The van der Waals surface area contributed by atoms with E-state index >= 15 is 0 Å². The van der Waals surface area contributed by atoms with Crippen LogP contribution in [0.3, 0.4) is 0 Å². The van der Waals surface area contributed by atoms with Gasteiger partial charge in [0.05, 0.1) is 17.5 Å². The maximum Gasteiger partial charge on any atom is 0.418 e. The number of nitrogens with zero attached hydrogens (tertiary/aromatic N) is 1. The first kappa shape index (κ1) is 14.0. The largest absolute Gasteiger partial charge is 0.418 e. The first-order valence-electron chi connectivity index (χ1n) is 5.68. The van der Waals surface area contributed by atoms with Gasteiger partial charge >= 0.3 is 6.18 Å². The fraction of sp³-hybridized carbons (Fsp3) is 0.0714. The van der Waals surface area contributed by atoms with Gasteiger partial charge in [0.15, 0.2) is 0 Å². The average molecular weight is 282 g/mol. The minimum Gasteiger partial charge on any atom is -0.278 e. The minimum atomic E-state index is -4.46. The molecule has 0 radical (unpaired) electrons. The molecule has 0 amide bonds. The third kappa shape index (κ3) is 3.57. The van der Waals surface area contributed by atoms with Crippen molar-refractivity contribution in [1.29, 1.82) is 0 Å². The number of benzene rings is 2. The molecule has 0 saturated carbocycles. The molecule has 20 heavy (non-hydrogen) atoms. The van der Waals surface area contributed by atoms with Crippen molar-refractivity contribution in [3.8, 4) is 0 Å². The van der Waals surface area contributed by atoms with Crippen LogP contribution in [0.25, 0.3) is 0 Å². The second kappa shape index (κ2) is 5.73. The molecule has 2 nitrogen and oxygen atoms in total. The maximum atomic E-state index is 12.9. The van der Waals surface area contributed by atoms with Gasteiger partial charge in [-0.05, 0) is 29.8 Å². The van der Waals surface area contributed by atoms with E-state index in [2.05, 4.69) is 10.5 Å². The molecule has 6 heteroatoms. The van der Waals surface area contributed by atoms with Crippen molar-refractivity contribution in [2.45, 2.75) is 6.18 Å². The molecule has 0 heterocycles. The van der Waals surface area contributed by atoms with Gasteiger partial charge in [-0.25, -0.2) is 4.39 Å². The molecule has 0 aliphatic rings. The van der Waals surface area contributed by atoms with Gasteiger partial charge in [-0.1, -0.05) is 24.3 Å². The lowest BCUT2D eigenvalue weighted by atomic mass is 10.2. The SMILES string of the molecule is Fc1cccc(C=NNc2ccccc2C(F)(F)F)c1. The zero-order valence-electron chi connectivity index (χ0n) is 10.2. The molecular weight excluding hydrogens is 272 g/mol. The number of alkyl halides is 3. The molecule has 1 N–H and O–H groups in total. The van der Waals surface area contributed by atoms with Crippen molar-refractivity contribution in [2.75, 3.05) is 5.43 Å². The first-order chi connectivity index (χ1) is 9.47. The van der Waals surface area contributed by atoms with E-state index in [1.54, 1.807) is 6.07 Å². The zero-order valence-corrected chi connectivity index (χ0v) is 10.2. The Bertz CT molecular complexity index is 621. The highest BCUT2D eigenvalue weighted by Crippen LogP contribution is 2.34. The number of nitrogens with one attached hydrogen (secondary N) is 1. The lowest BCUT2D eigenvalue weighted by Crippen LogP contribution is -2.08. The summed E-state index contributed by atoms with van der Waals surface area (Å²) in [6.45, 7) is 0. The van der Waals surface area contributed by atoms with Crippen LogP contribution in [0, 0.1) is 5.82 Å². The van der Waals surface area contributed by atoms with Crippen LogP contribution in [-0.2, 0) is 6.18 Å². The molecule has 2 rings (SSSR count). The van der Waals surface area contributed by atoms with E-state index in [0.29, 0.717) is 5.56 Å². The molecule has 0 atom stereocenters. The van der Waals surface area contributed by atoms with Gasteiger partial charge in [-0.3, -0.25) is 5.43 Å². The van der Waals surface area contributed by atoms with Crippen LogP contribution in [-0.4, -0.2) is 6.21 Å². The Kier molecular flexibility index (Phi) is 4.02. The quantitative estimate of drug-likeness (QED) is 0.507. The van der Waals surface area contributed by atoms with Crippen LogP contribution < -0.4 is 5.43 Å². The molecule has 0 spiro atoms. The topological polar surface area (TPSA) is 24.4 Å². The summed E-state index contributed by atoms with van der Waals surface area (Å²) in [7, 11) is 0. The molecule has 2 aromatic carbocycles. The summed E-state index contributed by atoms with van der Waals surface area (Å²) in [5.74, 6) is -0.440. The third-order valence-corrected chi connectivity index (χ3v) is 2.48. The summed E-state index contributed by atoms with van der Waals surface area (Å²) in [5, 5.41) is 3.69. The summed E-state index contributed by atoms with van der Waals surface area (Å²) in [4.78, 5) is 0. The number of hydrogen-bond donors (Lipinski definition) is 1. The van der Waals surface area contributed by atoms with E-state index < -0.39 is 17.6 Å². The van der Waals surface area contributed by atoms with E-state index in [-0.39, 0.29) is 5.69 Å². The Morgan fingerprint density at radius 3 is 2.45 bits per heavy atom. The highest BCUT2D eigenvalue weighted by Gasteiger charge is 2.33. The zero-order chi connectivity index (χ0) is 14.6. The lowest BCUT2D eigenvalue weighted by Gasteiger charge is -2.11. The Labute approximate surface area is 112 Å².